The molecule has 0 bridgehead atoms. The van der Waals surface area contributed by atoms with Gasteiger partial charge in [-0.05, 0) is 48.4 Å². The van der Waals surface area contributed by atoms with Crippen LogP contribution in [0.2, 0.25) is 0 Å². The summed E-state index contributed by atoms with van der Waals surface area (Å²) < 4.78 is 77.8. The van der Waals surface area contributed by atoms with Crippen molar-refractivity contribution in [2.75, 3.05) is 5.32 Å². The Morgan fingerprint density at radius 2 is 1.69 bits per heavy atom. The number of hydrogen-bond donors (Lipinski definition) is 2. The standard InChI is InChI=1S/C22H17F3N4O4S2/c23-22(24,25)33-16-11-9-15(10-12-16)26-21(30)18(13-14-5-2-1-3-6-14)29-35(31,32)19-8-4-7-17-20(19)28-34-27-17/h1-12,18,29H,13H2,(H,26,30)/t18-/m0/s1. The number of sulfonamides is 1. The second-order valence-corrected chi connectivity index (χ2v) is 9.52. The van der Waals surface area contributed by atoms with Gasteiger partial charge in [0.25, 0.3) is 0 Å². The zero-order valence-corrected chi connectivity index (χ0v) is 19.3. The highest BCUT2D eigenvalue weighted by Gasteiger charge is 2.31. The molecule has 35 heavy (non-hydrogen) atoms. The normalized spacial score (nSPS) is 12.9. The molecular formula is C22H17F3N4O4S2. The van der Waals surface area contributed by atoms with E-state index in [1.54, 1.807) is 36.4 Å². The number of aromatic nitrogens is 2. The second-order valence-electron chi connectivity index (χ2n) is 7.31. The molecular weight excluding hydrogens is 505 g/mol. The smallest absolute Gasteiger partial charge is 0.406 e. The van der Waals surface area contributed by atoms with Gasteiger partial charge in [0.05, 0.1) is 11.7 Å². The third-order valence-electron chi connectivity index (χ3n) is 4.79. The van der Waals surface area contributed by atoms with Crippen LogP contribution in [0, 0.1) is 0 Å². The highest BCUT2D eigenvalue weighted by atomic mass is 32.2. The molecule has 0 radical (unpaired) electrons. The number of fused-ring (bicyclic) bond motifs is 1. The SMILES string of the molecule is O=C(Nc1ccc(OC(F)(F)F)cc1)[C@H](Cc1ccccc1)NS(=O)(=O)c1cccc2nsnc12. The number of benzene rings is 3. The molecule has 2 N–H and O–H groups in total. The van der Waals surface area contributed by atoms with E-state index in [-0.39, 0.29) is 22.5 Å². The zero-order valence-electron chi connectivity index (χ0n) is 17.7. The third-order valence-corrected chi connectivity index (χ3v) is 6.84. The minimum atomic E-state index is -4.85. The van der Waals surface area contributed by atoms with E-state index in [0.29, 0.717) is 11.1 Å². The Balaban J connectivity index is 1.58. The van der Waals surface area contributed by atoms with E-state index < -0.39 is 34.1 Å². The summed E-state index contributed by atoms with van der Waals surface area (Å²) in [5.74, 6) is -1.16. The fraction of sp³-hybridized carbons (Fsp3) is 0.136. The van der Waals surface area contributed by atoms with Crippen LogP contribution in [-0.2, 0) is 21.2 Å². The molecule has 182 valence electrons. The Morgan fingerprint density at radius 1 is 0.971 bits per heavy atom. The molecule has 4 aromatic rings. The maximum absolute atomic E-state index is 13.2. The van der Waals surface area contributed by atoms with Gasteiger partial charge in [-0.3, -0.25) is 4.79 Å². The van der Waals surface area contributed by atoms with Gasteiger partial charge in [0.1, 0.15) is 27.7 Å². The van der Waals surface area contributed by atoms with Gasteiger partial charge >= 0.3 is 6.36 Å². The number of carbonyl (C=O) groups is 1. The van der Waals surface area contributed by atoms with Crippen molar-refractivity contribution in [1.29, 1.82) is 0 Å². The molecule has 1 amide bonds. The number of hydrogen-bond acceptors (Lipinski definition) is 7. The second kappa shape index (κ2) is 9.98. The Hall–Kier alpha value is -3.55. The maximum Gasteiger partial charge on any atom is 0.573 e. The molecule has 0 spiro atoms. The molecule has 0 aliphatic carbocycles. The summed E-state index contributed by atoms with van der Waals surface area (Å²) in [5.41, 5.74) is 1.44. The predicted molar refractivity (Wildman–Crippen MR) is 123 cm³/mol. The summed E-state index contributed by atoms with van der Waals surface area (Å²) >= 11 is 0.865. The van der Waals surface area contributed by atoms with Crippen molar-refractivity contribution in [2.24, 2.45) is 0 Å². The Morgan fingerprint density at radius 3 is 2.37 bits per heavy atom. The first kappa shape index (κ1) is 24.6. The molecule has 0 unspecified atom stereocenters. The molecule has 0 aliphatic heterocycles. The van der Waals surface area contributed by atoms with Crippen molar-refractivity contribution in [2.45, 2.75) is 23.7 Å². The number of anilines is 1. The van der Waals surface area contributed by atoms with Crippen molar-refractivity contribution in [3.8, 4) is 5.75 Å². The van der Waals surface area contributed by atoms with E-state index in [4.69, 9.17) is 0 Å². The van der Waals surface area contributed by atoms with E-state index in [2.05, 4.69) is 23.5 Å². The lowest BCUT2D eigenvalue weighted by Crippen LogP contribution is -2.45. The van der Waals surface area contributed by atoms with E-state index >= 15 is 0 Å². The van der Waals surface area contributed by atoms with Gasteiger partial charge < -0.3 is 10.1 Å². The van der Waals surface area contributed by atoms with Crippen LogP contribution in [0.25, 0.3) is 11.0 Å². The topological polar surface area (TPSA) is 110 Å². The predicted octanol–water partition coefficient (Wildman–Crippen LogP) is 4.12. The van der Waals surface area contributed by atoms with Crippen molar-refractivity contribution in [1.82, 2.24) is 13.5 Å². The fourth-order valence-corrected chi connectivity index (χ4v) is 5.22. The Bertz CT molecular complexity index is 1430. The monoisotopic (exact) mass is 522 g/mol. The van der Waals surface area contributed by atoms with E-state index in [1.807, 2.05) is 0 Å². The first-order valence-electron chi connectivity index (χ1n) is 10.0. The van der Waals surface area contributed by atoms with E-state index in [0.717, 1.165) is 23.9 Å². The summed E-state index contributed by atoms with van der Waals surface area (Å²) in [6.07, 6.45) is -4.83. The maximum atomic E-state index is 13.2. The molecule has 1 atom stereocenters. The molecule has 0 aliphatic rings. The largest absolute Gasteiger partial charge is 0.573 e. The van der Waals surface area contributed by atoms with Crippen LogP contribution >= 0.6 is 11.7 Å². The van der Waals surface area contributed by atoms with Gasteiger partial charge in [0.2, 0.25) is 15.9 Å². The van der Waals surface area contributed by atoms with Crippen molar-refractivity contribution in [3.05, 3.63) is 78.4 Å². The number of ether oxygens (including phenoxy) is 1. The van der Waals surface area contributed by atoms with Crippen LogP contribution in [0.5, 0.6) is 5.75 Å². The van der Waals surface area contributed by atoms with Crippen LogP contribution in [0.4, 0.5) is 18.9 Å². The first-order chi connectivity index (χ1) is 16.6. The van der Waals surface area contributed by atoms with Gasteiger partial charge in [-0.2, -0.15) is 13.5 Å². The quantitative estimate of drug-likeness (QED) is 0.360. The highest BCUT2D eigenvalue weighted by Crippen LogP contribution is 2.25. The lowest BCUT2D eigenvalue weighted by atomic mass is 10.1. The molecule has 4 rings (SSSR count). The number of rotatable bonds is 8. The van der Waals surface area contributed by atoms with Crippen LogP contribution < -0.4 is 14.8 Å². The zero-order chi connectivity index (χ0) is 25.1. The average Bonchev–Trinajstić information content (AvgIpc) is 3.28. The molecule has 3 aromatic carbocycles. The average molecular weight is 523 g/mol. The van der Waals surface area contributed by atoms with Gasteiger partial charge in [0.15, 0.2) is 0 Å². The molecule has 1 heterocycles. The van der Waals surface area contributed by atoms with Gasteiger partial charge in [-0.1, -0.05) is 36.4 Å². The molecule has 0 saturated carbocycles. The lowest BCUT2D eigenvalue weighted by molar-refractivity contribution is -0.274. The first-order valence-corrected chi connectivity index (χ1v) is 12.3. The summed E-state index contributed by atoms with van der Waals surface area (Å²) in [5, 5.41) is 2.53. The van der Waals surface area contributed by atoms with E-state index in [1.165, 1.54) is 24.3 Å². The summed E-state index contributed by atoms with van der Waals surface area (Å²) in [7, 11) is -4.19. The van der Waals surface area contributed by atoms with Gasteiger partial charge in [-0.15, -0.1) is 13.2 Å². The van der Waals surface area contributed by atoms with Crippen molar-refractivity contribution >= 4 is 44.4 Å². The minimum Gasteiger partial charge on any atom is -0.406 e. The number of nitrogens with zero attached hydrogens (tertiary/aromatic N) is 2. The van der Waals surface area contributed by atoms with Crippen LogP contribution in [0.15, 0.2) is 77.7 Å². The number of alkyl halides is 3. The Labute approximate surface area is 202 Å². The number of amides is 1. The number of halogens is 3. The third kappa shape index (κ3) is 6.32. The van der Waals surface area contributed by atoms with Gasteiger partial charge in [0, 0.05) is 5.69 Å². The minimum absolute atomic E-state index is 0.0203. The molecule has 8 nitrogen and oxygen atoms in total. The van der Waals surface area contributed by atoms with Gasteiger partial charge in [-0.25, -0.2) is 8.42 Å². The van der Waals surface area contributed by atoms with Crippen LogP contribution in [-0.4, -0.2) is 35.5 Å². The summed E-state index contributed by atoms with van der Waals surface area (Å²) in [6.45, 7) is 0. The van der Waals surface area contributed by atoms with Crippen LogP contribution in [0.3, 0.4) is 0 Å². The summed E-state index contributed by atoms with van der Waals surface area (Å²) in [6, 6.07) is 16.5. The van der Waals surface area contributed by atoms with E-state index in [9.17, 15) is 26.4 Å². The summed E-state index contributed by atoms with van der Waals surface area (Å²) in [4.78, 5) is 13.0. The molecule has 13 heteroatoms. The number of carbonyl (C=O) groups excluding carboxylic acids is 1. The lowest BCUT2D eigenvalue weighted by Gasteiger charge is -2.19. The van der Waals surface area contributed by atoms with Crippen LogP contribution in [0.1, 0.15) is 5.56 Å². The fourth-order valence-electron chi connectivity index (χ4n) is 3.26. The van der Waals surface area contributed by atoms with Crippen molar-refractivity contribution in [3.63, 3.8) is 0 Å². The molecule has 1 aromatic heterocycles. The van der Waals surface area contributed by atoms with Crippen molar-refractivity contribution < 1.29 is 31.1 Å². The number of nitrogens with one attached hydrogen (secondary N) is 2. The molecule has 0 fully saturated rings. The molecule has 0 saturated heterocycles. The Kier molecular flexibility index (Phi) is 7.00. The highest BCUT2D eigenvalue weighted by molar-refractivity contribution is 7.89.